The van der Waals surface area contributed by atoms with Crippen molar-refractivity contribution >= 4 is 22.7 Å². The molecule has 1 aromatic rings. The molecular weight excluding hydrogens is 260 g/mol. The number of benzene rings is 1. The summed E-state index contributed by atoms with van der Waals surface area (Å²) in [5.41, 5.74) is 0.556. The third kappa shape index (κ3) is 3.38. The molecule has 0 spiro atoms. The maximum Gasteiger partial charge on any atom is 0.349 e. The SMILES string of the molecule is O=C(O)CC(O)(C(=O)O)S(=O)Cc1ccccc1. The van der Waals surface area contributed by atoms with Crippen LogP contribution in [-0.4, -0.2) is 36.4 Å². The van der Waals surface area contributed by atoms with Crippen molar-refractivity contribution in [3.63, 3.8) is 0 Å². The van der Waals surface area contributed by atoms with Crippen LogP contribution in [0.25, 0.3) is 0 Å². The lowest BCUT2D eigenvalue weighted by molar-refractivity contribution is -0.156. The van der Waals surface area contributed by atoms with Gasteiger partial charge in [-0.05, 0) is 5.56 Å². The number of rotatable bonds is 6. The molecule has 0 radical (unpaired) electrons. The second-order valence-electron chi connectivity index (χ2n) is 3.64. The first-order valence-corrected chi connectivity index (χ1v) is 6.28. The highest BCUT2D eigenvalue weighted by Crippen LogP contribution is 2.20. The number of carboxylic acid groups (broad SMARTS) is 2. The molecule has 98 valence electrons. The van der Waals surface area contributed by atoms with Crippen LogP contribution >= 0.6 is 0 Å². The average molecular weight is 272 g/mol. The van der Waals surface area contributed by atoms with Gasteiger partial charge in [-0.2, -0.15) is 0 Å². The molecule has 0 aliphatic carbocycles. The van der Waals surface area contributed by atoms with Gasteiger partial charge in [0.1, 0.15) is 0 Å². The van der Waals surface area contributed by atoms with Crippen molar-refractivity contribution in [1.29, 1.82) is 0 Å². The zero-order valence-corrected chi connectivity index (χ0v) is 10.1. The van der Waals surface area contributed by atoms with Gasteiger partial charge < -0.3 is 15.3 Å². The van der Waals surface area contributed by atoms with Crippen molar-refractivity contribution in [1.82, 2.24) is 0 Å². The van der Waals surface area contributed by atoms with E-state index >= 15 is 0 Å². The number of aliphatic carboxylic acids is 2. The Labute approximate surface area is 105 Å². The van der Waals surface area contributed by atoms with Gasteiger partial charge in [0.2, 0.25) is 4.93 Å². The Morgan fingerprint density at radius 3 is 2.17 bits per heavy atom. The fourth-order valence-electron chi connectivity index (χ4n) is 1.30. The first kappa shape index (κ1) is 14.3. The van der Waals surface area contributed by atoms with E-state index in [1.807, 2.05) is 0 Å². The number of hydrogen-bond donors (Lipinski definition) is 3. The smallest absolute Gasteiger partial charge is 0.349 e. The number of hydrogen-bond acceptors (Lipinski definition) is 4. The molecule has 0 saturated heterocycles. The minimum Gasteiger partial charge on any atom is -0.481 e. The zero-order chi connectivity index (χ0) is 13.8. The largest absolute Gasteiger partial charge is 0.481 e. The van der Waals surface area contributed by atoms with E-state index in [9.17, 15) is 18.9 Å². The van der Waals surface area contributed by atoms with Crippen LogP contribution in [0.15, 0.2) is 30.3 Å². The van der Waals surface area contributed by atoms with Gasteiger partial charge in [-0.3, -0.25) is 9.00 Å². The lowest BCUT2D eigenvalue weighted by Crippen LogP contribution is -2.45. The molecule has 0 fully saturated rings. The van der Waals surface area contributed by atoms with Crippen LogP contribution in [0, 0.1) is 0 Å². The van der Waals surface area contributed by atoms with E-state index in [1.165, 1.54) is 0 Å². The summed E-state index contributed by atoms with van der Waals surface area (Å²) in [7, 11) is -2.25. The molecule has 2 unspecified atom stereocenters. The third-order valence-electron chi connectivity index (χ3n) is 2.24. The summed E-state index contributed by atoms with van der Waals surface area (Å²) < 4.78 is 11.8. The summed E-state index contributed by atoms with van der Waals surface area (Å²) >= 11 is 0. The van der Waals surface area contributed by atoms with Crippen LogP contribution in [0.5, 0.6) is 0 Å². The van der Waals surface area contributed by atoms with E-state index in [0.29, 0.717) is 5.56 Å². The number of aliphatic hydroxyl groups is 1. The number of carbonyl (C=O) groups is 2. The van der Waals surface area contributed by atoms with Crippen LogP contribution in [-0.2, 0) is 26.1 Å². The van der Waals surface area contributed by atoms with Crippen molar-refractivity contribution < 1.29 is 29.1 Å². The Kier molecular flexibility index (Phi) is 4.57. The Morgan fingerprint density at radius 2 is 1.72 bits per heavy atom. The van der Waals surface area contributed by atoms with E-state index in [4.69, 9.17) is 10.2 Å². The molecule has 0 saturated carbocycles. The predicted molar refractivity (Wildman–Crippen MR) is 63.1 cm³/mol. The molecular formula is C11H12O6S. The summed E-state index contributed by atoms with van der Waals surface area (Å²) in [6.45, 7) is 0. The van der Waals surface area contributed by atoms with Crippen molar-refractivity contribution in [3.8, 4) is 0 Å². The molecule has 0 amide bonds. The normalized spacial score (nSPS) is 15.6. The first-order chi connectivity index (χ1) is 8.36. The second-order valence-corrected chi connectivity index (χ2v) is 5.29. The highest BCUT2D eigenvalue weighted by atomic mass is 32.2. The molecule has 1 rings (SSSR count). The minimum absolute atomic E-state index is 0.225. The van der Waals surface area contributed by atoms with E-state index < -0.39 is 34.1 Å². The van der Waals surface area contributed by atoms with Gasteiger partial charge in [-0.25, -0.2) is 4.79 Å². The van der Waals surface area contributed by atoms with Gasteiger partial charge in [0, 0.05) is 0 Å². The minimum atomic E-state index is -2.78. The van der Waals surface area contributed by atoms with Gasteiger partial charge in [-0.1, -0.05) is 30.3 Å². The Bertz CT molecular complexity index is 472. The summed E-state index contributed by atoms with van der Waals surface area (Å²) in [4.78, 5) is 18.6. The maximum absolute atomic E-state index is 11.8. The Balaban J connectivity index is 2.91. The second kappa shape index (κ2) is 5.74. The molecule has 18 heavy (non-hydrogen) atoms. The standard InChI is InChI=1S/C11H12O6S/c12-9(13)6-11(16,10(14)15)18(17)7-8-4-2-1-3-5-8/h1-5,16H,6-7H2,(H,12,13)(H,14,15). The fourth-order valence-corrected chi connectivity index (χ4v) is 2.52. The van der Waals surface area contributed by atoms with Crippen LogP contribution in [0.2, 0.25) is 0 Å². The van der Waals surface area contributed by atoms with Crippen molar-refractivity contribution in [2.45, 2.75) is 17.1 Å². The first-order valence-electron chi connectivity index (χ1n) is 4.96. The topological polar surface area (TPSA) is 112 Å². The molecule has 2 atom stereocenters. The highest BCUT2D eigenvalue weighted by Gasteiger charge is 2.44. The Morgan fingerprint density at radius 1 is 1.17 bits per heavy atom. The average Bonchev–Trinajstić information content (AvgIpc) is 2.29. The molecule has 3 N–H and O–H groups in total. The lowest BCUT2D eigenvalue weighted by Gasteiger charge is -2.20. The van der Waals surface area contributed by atoms with Gasteiger partial charge in [0.15, 0.2) is 0 Å². The van der Waals surface area contributed by atoms with Crippen LogP contribution in [0.1, 0.15) is 12.0 Å². The molecule has 6 nitrogen and oxygen atoms in total. The van der Waals surface area contributed by atoms with E-state index in [0.717, 1.165) is 0 Å². The summed E-state index contributed by atoms with van der Waals surface area (Å²) in [6, 6.07) is 8.29. The zero-order valence-electron chi connectivity index (χ0n) is 9.28. The van der Waals surface area contributed by atoms with E-state index in [2.05, 4.69) is 0 Å². The summed E-state index contributed by atoms with van der Waals surface area (Å²) in [6.07, 6.45) is -1.11. The van der Waals surface area contributed by atoms with E-state index in [1.54, 1.807) is 30.3 Å². The summed E-state index contributed by atoms with van der Waals surface area (Å²) in [5, 5.41) is 27.1. The van der Waals surface area contributed by atoms with Crippen molar-refractivity contribution in [3.05, 3.63) is 35.9 Å². The lowest BCUT2D eigenvalue weighted by atomic mass is 10.2. The third-order valence-corrected chi connectivity index (χ3v) is 3.91. The van der Waals surface area contributed by atoms with Gasteiger partial charge in [0.05, 0.1) is 23.0 Å². The van der Waals surface area contributed by atoms with Crippen LogP contribution in [0.4, 0.5) is 0 Å². The Hall–Kier alpha value is -1.73. The fraction of sp³-hybridized carbons (Fsp3) is 0.273. The van der Waals surface area contributed by atoms with Crippen LogP contribution < -0.4 is 0 Å². The van der Waals surface area contributed by atoms with Gasteiger partial charge in [0.25, 0.3) is 0 Å². The predicted octanol–water partition coefficient (Wildman–Crippen LogP) is 0.183. The highest BCUT2D eigenvalue weighted by molar-refractivity contribution is 7.86. The molecule has 0 aliphatic heterocycles. The van der Waals surface area contributed by atoms with Gasteiger partial charge >= 0.3 is 11.9 Å². The monoisotopic (exact) mass is 272 g/mol. The summed E-state index contributed by atoms with van der Waals surface area (Å²) in [5.74, 6) is -3.56. The maximum atomic E-state index is 11.8. The molecule has 0 aromatic heterocycles. The van der Waals surface area contributed by atoms with Gasteiger partial charge in [-0.15, -0.1) is 0 Å². The molecule has 0 heterocycles. The van der Waals surface area contributed by atoms with Crippen molar-refractivity contribution in [2.24, 2.45) is 0 Å². The van der Waals surface area contributed by atoms with Crippen LogP contribution in [0.3, 0.4) is 0 Å². The van der Waals surface area contributed by atoms with Crippen molar-refractivity contribution in [2.75, 3.05) is 0 Å². The molecule has 1 aromatic carbocycles. The number of carboxylic acids is 2. The molecule has 0 aliphatic rings. The quantitative estimate of drug-likeness (QED) is 0.681. The molecule has 7 heteroatoms. The molecule has 0 bridgehead atoms. The van der Waals surface area contributed by atoms with E-state index in [-0.39, 0.29) is 5.75 Å².